The molecule has 0 spiro atoms. The molecule has 2 aliphatic rings. The van der Waals surface area contributed by atoms with E-state index < -0.39 is 0 Å². The molecule has 1 aromatic heterocycles. The number of ketones is 1. The van der Waals surface area contributed by atoms with Crippen molar-refractivity contribution in [2.75, 3.05) is 0 Å². The van der Waals surface area contributed by atoms with Crippen molar-refractivity contribution in [2.45, 2.75) is 70.1 Å². The Labute approximate surface area is 114 Å². The molecule has 1 aromatic rings. The highest BCUT2D eigenvalue weighted by molar-refractivity contribution is 5.85. The first kappa shape index (κ1) is 12.8. The van der Waals surface area contributed by atoms with Crippen LogP contribution in [0.3, 0.4) is 0 Å². The number of nitrogens with zero attached hydrogens (tertiary/aromatic N) is 2. The number of aromatic nitrogens is 2. The van der Waals surface area contributed by atoms with E-state index in [0.29, 0.717) is 18.2 Å². The second-order valence-electron chi connectivity index (χ2n) is 6.21. The Kier molecular flexibility index (Phi) is 3.67. The van der Waals surface area contributed by atoms with Crippen molar-refractivity contribution in [3.63, 3.8) is 0 Å². The zero-order valence-corrected chi connectivity index (χ0v) is 11.6. The van der Waals surface area contributed by atoms with Gasteiger partial charge in [0.15, 0.2) is 5.82 Å². The first-order chi connectivity index (χ1) is 9.24. The van der Waals surface area contributed by atoms with Crippen LogP contribution in [0.5, 0.6) is 0 Å². The summed E-state index contributed by atoms with van der Waals surface area (Å²) >= 11 is 0. The molecule has 0 N–H and O–H groups in total. The molecule has 104 valence electrons. The lowest BCUT2D eigenvalue weighted by atomic mass is 9.82. The van der Waals surface area contributed by atoms with E-state index in [1.807, 2.05) is 0 Å². The van der Waals surface area contributed by atoms with Crippen LogP contribution < -0.4 is 0 Å². The van der Waals surface area contributed by atoms with Gasteiger partial charge in [0.05, 0.1) is 5.92 Å². The van der Waals surface area contributed by atoms with E-state index in [1.54, 1.807) is 0 Å². The maximum absolute atomic E-state index is 11.9. The predicted molar refractivity (Wildman–Crippen MR) is 70.9 cm³/mol. The summed E-state index contributed by atoms with van der Waals surface area (Å²) in [5.41, 5.74) is 0. The SMILES string of the molecule is CC1CCC(c2noc(C3CCCCC3=O)n2)CC1. The lowest BCUT2D eigenvalue weighted by Crippen LogP contribution is -2.17. The van der Waals surface area contributed by atoms with E-state index in [1.165, 1.54) is 12.8 Å². The molecule has 2 aliphatic carbocycles. The molecule has 0 aliphatic heterocycles. The molecular weight excluding hydrogens is 240 g/mol. The van der Waals surface area contributed by atoms with E-state index in [4.69, 9.17) is 4.52 Å². The van der Waals surface area contributed by atoms with E-state index in [-0.39, 0.29) is 11.7 Å². The Balaban J connectivity index is 1.70. The first-order valence-electron chi connectivity index (χ1n) is 7.60. The third kappa shape index (κ3) is 2.72. The molecule has 4 heteroatoms. The van der Waals surface area contributed by atoms with Crippen molar-refractivity contribution in [1.82, 2.24) is 10.1 Å². The van der Waals surface area contributed by atoms with Crippen LogP contribution in [-0.2, 0) is 4.79 Å². The second kappa shape index (κ2) is 5.43. The van der Waals surface area contributed by atoms with Crippen LogP contribution in [0.4, 0.5) is 0 Å². The monoisotopic (exact) mass is 262 g/mol. The highest BCUT2D eigenvalue weighted by Gasteiger charge is 2.31. The predicted octanol–water partition coefficient (Wildman–Crippen LogP) is 3.59. The maximum atomic E-state index is 11.9. The van der Waals surface area contributed by atoms with Gasteiger partial charge in [-0.25, -0.2) is 0 Å². The Morgan fingerprint density at radius 1 is 1.11 bits per heavy atom. The number of hydrogen-bond donors (Lipinski definition) is 0. The molecule has 2 fully saturated rings. The van der Waals surface area contributed by atoms with Gasteiger partial charge in [-0.3, -0.25) is 4.79 Å². The van der Waals surface area contributed by atoms with E-state index in [9.17, 15) is 4.79 Å². The average molecular weight is 262 g/mol. The molecule has 3 rings (SSSR count). The van der Waals surface area contributed by atoms with Gasteiger partial charge in [0.2, 0.25) is 5.89 Å². The minimum Gasteiger partial charge on any atom is -0.339 e. The van der Waals surface area contributed by atoms with Crippen LogP contribution in [0.1, 0.15) is 81.8 Å². The fraction of sp³-hybridized carbons (Fsp3) is 0.800. The third-order valence-corrected chi connectivity index (χ3v) is 4.69. The third-order valence-electron chi connectivity index (χ3n) is 4.69. The average Bonchev–Trinajstić information content (AvgIpc) is 2.89. The minimum absolute atomic E-state index is 0.127. The zero-order valence-electron chi connectivity index (χ0n) is 11.6. The lowest BCUT2D eigenvalue weighted by Gasteiger charge is -2.23. The quantitative estimate of drug-likeness (QED) is 0.817. The first-order valence-corrected chi connectivity index (χ1v) is 7.60. The Hall–Kier alpha value is -1.19. The number of rotatable bonds is 2. The highest BCUT2D eigenvalue weighted by Crippen LogP contribution is 2.35. The van der Waals surface area contributed by atoms with Crippen LogP contribution in [0, 0.1) is 5.92 Å². The Bertz CT molecular complexity index is 447. The summed E-state index contributed by atoms with van der Waals surface area (Å²) in [6.45, 7) is 2.30. The molecule has 0 amide bonds. The van der Waals surface area contributed by atoms with Crippen LogP contribution >= 0.6 is 0 Å². The number of hydrogen-bond acceptors (Lipinski definition) is 4. The Morgan fingerprint density at radius 3 is 2.63 bits per heavy atom. The summed E-state index contributed by atoms with van der Waals surface area (Å²) in [5.74, 6) is 2.81. The van der Waals surface area contributed by atoms with Crippen molar-refractivity contribution in [2.24, 2.45) is 5.92 Å². The Morgan fingerprint density at radius 2 is 1.89 bits per heavy atom. The molecule has 0 radical (unpaired) electrons. The van der Waals surface area contributed by atoms with Crippen LogP contribution in [0.25, 0.3) is 0 Å². The van der Waals surface area contributed by atoms with Crippen molar-refractivity contribution >= 4 is 5.78 Å². The van der Waals surface area contributed by atoms with Crippen molar-refractivity contribution < 1.29 is 9.32 Å². The number of Topliss-reactive ketones (excluding diaryl/α,β-unsaturated/α-hetero) is 1. The van der Waals surface area contributed by atoms with Crippen molar-refractivity contribution in [3.05, 3.63) is 11.7 Å². The highest BCUT2D eigenvalue weighted by atomic mass is 16.5. The fourth-order valence-electron chi connectivity index (χ4n) is 3.32. The van der Waals surface area contributed by atoms with Gasteiger partial charge < -0.3 is 4.52 Å². The molecule has 1 unspecified atom stereocenters. The maximum Gasteiger partial charge on any atom is 0.237 e. The standard InChI is InChI=1S/C15H22N2O2/c1-10-6-8-11(9-7-10)14-16-15(19-17-14)12-4-2-3-5-13(12)18/h10-12H,2-9H2,1H3. The lowest BCUT2D eigenvalue weighted by molar-refractivity contribution is -0.122. The fourth-order valence-corrected chi connectivity index (χ4v) is 3.32. The largest absolute Gasteiger partial charge is 0.339 e. The zero-order chi connectivity index (χ0) is 13.2. The smallest absolute Gasteiger partial charge is 0.237 e. The van der Waals surface area contributed by atoms with Gasteiger partial charge in [-0.05, 0) is 31.6 Å². The van der Waals surface area contributed by atoms with Gasteiger partial charge in [-0.15, -0.1) is 0 Å². The summed E-state index contributed by atoms with van der Waals surface area (Å²) in [6.07, 6.45) is 8.45. The van der Waals surface area contributed by atoms with E-state index >= 15 is 0 Å². The van der Waals surface area contributed by atoms with Crippen LogP contribution in [-0.4, -0.2) is 15.9 Å². The minimum atomic E-state index is -0.127. The van der Waals surface area contributed by atoms with Gasteiger partial charge >= 0.3 is 0 Å². The van der Waals surface area contributed by atoms with Gasteiger partial charge in [0, 0.05) is 12.3 Å². The number of carbonyl (C=O) groups is 1. The second-order valence-corrected chi connectivity index (χ2v) is 6.21. The van der Waals surface area contributed by atoms with Gasteiger partial charge in [0.1, 0.15) is 5.78 Å². The summed E-state index contributed by atoms with van der Waals surface area (Å²) < 4.78 is 5.37. The molecule has 0 saturated heterocycles. The van der Waals surface area contributed by atoms with Gasteiger partial charge in [-0.1, -0.05) is 31.3 Å². The molecule has 19 heavy (non-hydrogen) atoms. The van der Waals surface area contributed by atoms with Gasteiger partial charge in [0.25, 0.3) is 0 Å². The summed E-state index contributed by atoms with van der Waals surface area (Å²) in [4.78, 5) is 16.4. The molecule has 0 aromatic carbocycles. The summed E-state index contributed by atoms with van der Waals surface area (Å²) in [7, 11) is 0. The number of carbonyl (C=O) groups excluding carboxylic acids is 1. The molecule has 2 saturated carbocycles. The molecule has 1 atom stereocenters. The molecule has 0 bridgehead atoms. The molecular formula is C15H22N2O2. The topological polar surface area (TPSA) is 56.0 Å². The van der Waals surface area contributed by atoms with E-state index in [2.05, 4.69) is 17.1 Å². The molecule has 1 heterocycles. The van der Waals surface area contributed by atoms with E-state index in [0.717, 1.165) is 43.8 Å². The summed E-state index contributed by atoms with van der Waals surface area (Å²) in [5, 5.41) is 4.14. The van der Waals surface area contributed by atoms with Crippen LogP contribution in [0.2, 0.25) is 0 Å². The van der Waals surface area contributed by atoms with Crippen molar-refractivity contribution in [3.8, 4) is 0 Å². The molecule has 4 nitrogen and oxygen atoms in total. The van der Waals surface area contributed by atoms with Crippen molar-refractivity contribution in [1.29, 1.82) is 0 Å². The summed E-state index contributed by atoms with van der Waals surface area (Å²) in [6, 6.07) is 0. The van der Waals surface area contributed by atoms with Gasteiger partial charge in [-0.2, -0.15) is 4.98 Å². The normalized spacial score (nSPS) is 32.5. The van der Waals surface area contributed by atoms with Crippen LogP contribution in [0.15, 0.2) is 4.52 Å².